The first kappa shape index (κ1) is 13.6. The summed E-state index contributed by atoms with van der Waals surface area (Å²) >= 11 is 1.36. The van der Waals surface area contributed by atoms with E-state index in [0.29, 0.717) is 25.2 Å². The number of aliphatic carboxylic acids is 1. The summed E-state index contributed by atoms with van der Waals surface area (Å²) in [5.74, 6) is -1.38. The number of likely N-dealkylation sites (N-methyl/N-ethyl adjacent to an activating group) is 1. The summed E-state index contributed by atoms with van der Waals surface area (Å²) in [5.41, 5.74) is 5.68. The van der Waals surface area contributed by atoms with E-state index in [0.717, 1.165) is 5.01 Å². The first-order chi connectivity index (χ1) is 8.08. The highest BCUT2D eigenvalue weighted by molar-refractivity contribution is 7.09. The molecule has 1 amide bonds. The van der Waals surface area contributed by atoms with Gasteiger partial charge in [-0.1, -0.05) is 0 Å². The monoisotopic (exact) mass is 257 g/mol. The van der Waals surface area contributed by atoms with Crippen LogP contribution in [-0.2, 0) is 11.2 Å². The van der Waals surface area contributed by atoms with Gasteiger partial charge in [0.15, 0.2) is 0 Å². The minimum Gasteiger partial charge on any atom is -0.480 e. The molecule has 0 aliphatic rings. The Labute approximate surface area is 103 Å². The highest BCUT2D eigenvalue weighted by atomic mass is 32.1. The summed E-state index contributed by atoms with van der Waals surface area (Å²) in [4.78, 5) is 27.9. The minimum absolute atomic E-state index is 0.293. The number of hydrogen-bond acceptors (Lipinski definition) is 5. The standard InChI is InChI=1S/C10H15N3O3S/c1-2-13(5-9(14)15)10(16)7-6-17-8(12-7)3-4-11/h6H,2-5,11H2,1H3,(H,14,15). The maximum absolute atomic E-state index is 11.9. The highest BCUT2D eigenvalue weighted by Gasteiger charge is 2.19. The van der Waals surface area contributed by atoms with Crippen LogP contribution in [0.2, 0.25) is 0 Å². The van der Waals surface area contributed by atoms with Gasteiger partial charge in [-0.05, 0) is 13.5 Å². The first-order valence-electron chi connectivity index (χ1n) is 5.24. The molecule has 0 spiro atoms. The van der Waals surface area contributed by atoms with Gasteiger partial charge in [0.05, 0.1) is 5.01 Å². The normalized spacial score (nSPS) is 10.2. The number of rotatable bonds is 6. The second kappa shape index (κ2) is 6.31. The Kier molecular flexibility index (Phi) is 5.05. The smallest absolute Gasteiger partial charge is 0.323 e. The van der Waals surface area contributed by atoms with Crippen LogP contribution in [-0.4, -0.2) is 46.5 Å². The summed E-state index contributed by atoms with van der Waals surface area (Å²) in [5, 5.41) is 11.1. The molecule has 17 heavy (non-hydrogen) atoms. The van der Waals surface area contributed by atoms with Gasteiger partial charge in [-0.15, -0.1) is 11.3 Å². The predicted octanol–water partition coefficient (Wildman–Crippen LogP) is 0.191. The lowest BCUT2D eigenvalue weighted by molar-refractivity contribution is -0.137. The number of aromatic nitrogens is 1. The Morgan fingerprint density at radius 2 is 2.29 bits per heavy atom. The molecule has 1 rings (SSSR count). The molecule has 0 atom stereocenters. The fraction of sp³-hybridized carbons (Fsp3) is 0.500. The summed E-state index contributed by atoms with van der Waals surface area (Å²) in [6.07, 6.45) is 0.628. The molecule has 1 aromatic heterocycles. The Bertz CT molecular complexity index is 405. The van der Waals surface area contributed by atoms with Gasteiger partial charge in [-0.25, -0.2) is 4.98 Å². The molecular formula is C10H15N3O3S. The Balaban J connectivity index is 2.75. The third-order valence-corrected chi connectivity index (χ3v) is 3.03. The highest BCUT2D eigenvalue weighted by Crippen LogP contribution is 2.12. The molecule has 1 heterocycles. The van der Waals surface area contributed by atoms with Crippen LogP contribution in [0.4, 0.5) is 0 Å². The first-order valence-corrected chi connectivity index (χ1v) is 6.12. The molecule has 6 nitrogen and oxygen atoms in total. The minimum atomic E-state index is -1.03. The summed E-state index contributed by atoms with van der Waals surface area (Å²) in [6.45, 7) is 2.25. The largest absolute Gasteiger partial charge is 0.480 e. The van der Waals surface area contributed by atoms with Crippen LogP contribution in [0.15, 0.2) is 5.38 Å². The fourth-order valence-electron chi connectivity index (χ4n) is 1.30. The van der Waals surface area contributed by atoms with Crippen molar-refractivity contribution >= 4 is 23.2 Å². The molecule has 7 heteroatoms. The molecular weight excluding hydrogens is 242 g/mol. The molecule has 0 fully saturated rings. The van der Waals surface area contributed by atoms with Crippen molar-refractivity contribution in [1.82, 2.24) is 9.88 Å². The van der Waals surface area contributed by atoms with Crippen LogP contribution in [0, 0.1) is 0 Å². The molecule has 0 bridgehead atoms. The van der Waals surface area contributed by atoms with Gasteiger partial charge in [0.1, 0.15) is 12.2 Å². The number of thiazole rings is 1. The van der Waals surface area contributed by atoms with Crippen molar-refractivity contribution in [3.8, 4) is 0 Å². The van der Waals surface area contributed by atoms with Gasteiger partial charge in [0.2, 0.25) is 0 Å². The van der Waals surface area contributed by atoms with Crippen molar-refractivity contribution in [3.63, 3.8) is 0 Å². The second-order valence-electron chi connectivity index (χ2n) is 3.38. The third kappa shape index (κ3) is 3.79. The van der Waals surface area contributed by atoms with Crippen LogP contribution >= 0.6 is 11.3 Å². The van der Waals surface area contributed by atoms with Crippen molar-refractivity contribution in [2.45, 2.75) is 13.3 Å². The van der Waals surface area contributed by atoms with Gasteiger partial charge in [0.25, 0.3) is 5.91 Å². The van der Waals surface area contributed by atoms with Crippen LogP contribution in [0.25, 0.3) is 0 Å². The maximum atomic E-state index is 11.9. The van der Waals surface area contributed by atoms with Crippen molar-refractivity contribution in [2.24, 2.45) is 5.73 Å². The molecule has 0 saturated heterocycles. The van der Waals surface area contributed by atoms with Crippen molar-refractivity contribution in [1.29, 1.82) is 0 Å². The van der Waals surface area contributed by atoms with Crippen molar-refractivity contribution in [3.05, 3.63) is 16.1 Å². The molecule has 0 aliphatic heterocycles. The van der Waals surface area contributed by atoms with E-state index in [1.54, 1.807) is 12.3 Å². The van der Waals surface area contributed by atoms with Gasteiger partial charge in [-0.3, -0.25) is 9.59 Å². The van der Waals surface area contributed by atoms with Crippen LogP contribution in [0.1, 0.15) is 22.4 Å². The van der Waals surface area contributed by atoms with Gasteiger partial charge in [-0.2, -0.15) is 0 Å². The van der Waals surface area contributed by atoms with E-state index < -0.39 is 5.97 Å². The van der Waals surface area contributed by atoms with Crippen LogP contribution in [0.5, 0.6) is 0 Å². The van der Waals surface area contributed by atoms with E-state index in [1.807, 2.05) is 0 Å². The average Bonchev–Trinajstić information content (AvgIpc) is 2.74. The molecule has 3 N–H and O–H groups in total. The Hall–Kier alpha value is -1.47. The number of nitrogens with zero attached hydrogens (tertiary/aromatic N) is 2. The fourth-order valence-corrected chi connectivity index (χ4v) is 2.09. The van der Waals surface area contributed by atoms with E-state index in [9.17, 15) is 9.59 Å². The van der Waals surface area contributed by atoms with Crippen LogP contribution < -0.4 is 5.73 Å². The predicted molar refractivity (Wildman–Crippen MR) is 64.1 cm³/mol. The van der Waals surface area contributed by atoms with Crippen molar-refractivity contribution < 1.29 is 14.7 Å². The zero-order valence-corrected chi connectivity index (χ0v) is 10.4. The topological polar surface area (TPSA) is 96.5 Å². The van der Waals surface area contributed by atoms with E-state index >= 15 is 0 Å². The summed E-state index contributed by atoms with van der Waals surface area (Å²) in [6, 6.07) is 0. The molecule has 0 saturated carbocycles. The van der Waals surface area contributed by atoms with E-state index in [-0.39, 0.29) is 12.5 Å². The Morgan fingerprint density at radius 1 is 1.59 bits per heavy atom. The second-order valence-corrected chi connectivity index (χ2v) is 4.32. The number of carboxylic acids is 1. The van der Waals surface area contributed by atoms with E-state index in [1.165, 1.54) is 16.2 Å². The molecule has 0 unspecified atom stereocenters. The zero-order valence-electron chi connectivity index (χ0n) is 9.55. The summed E-state index contributed by atoms with van der Waals surface area (Å²) < 4.78 is 0. The van der Waals surface area contributed by atoms with Crippen molar-refractivity contribution in [2.75, 3.05) is 19.6 Å². The van der Waals surface area contributed by atoms with Gasteiger partial charge >= 0.3 is 5.97 Å². The molecule has 0 aromatic carbocycles. The van der Waals surface area contributed by atoms with E-state index in [4.69, 9.17) is 10.8 Å². The number of carbonyl (C=O) groups is 2. The summed E-state index contributed by atoms with van der Waals surface area (Å²) in [7, 11) is 0. The lowest BCUT2D eigenvalue weighted by Gasteiger charge is -2.16. The third-order valence-electron chi connectivity index (χ3n) is 2.12. The molecule has 94 valence electrons. The Morgan fingerprint density at radius 3 is 2.82 bits per heavy atom. The lowest BCUT2D eigenvalue weighted by atomic mass is 10.3. The number of carboxylic acid groups (broad SMARTS) is 1. The van der Waals surface area contributed by atoms with Gasteiger partial charge < -0.3 is 15.7 Å². The quantitative estimate of drug-likeness (QED) is 0.758. The number of amides is 1. The van der Waals surface area contributed by atoms with Gasteiger partial charge in [0, 0.05) is 18.3 Å². The number of carbonyl (C=O) groups excluding carboxylic acids is 1. The number of hydrogen-bond donors (Lipinski definition) is 2. The maximum Gasteiger partial charge on any atom is 0.323 e. The zero-order chi connectivity index (χ0) is 12.8. The lowest BCUT2D eigenvalue weighted by Crippen LogP contribution is -2.35. The van der Waals surface area contributed by atoms with E-state index in [2.05, 4.69) is 4.98 Å². The molecule has 1 aromatic rings. The molecule has 0 radical (unpaired) electrons. The average molecular weight is 257 g/mol. The van der Waals surface area contributed by atoms with Crippen LogP contribution in [0.3, 0.4) is 0 Å². The number of nitrogens with two attached hydrogens (primary N) is 1. The SMILES string of the molecule is CCN(CC(=O)O)C(=O)c1csc(CCN)n1. The molecule has 0 aliphatic carbocycles.